The van der Waals surface area contributed by atoms with Crippen LogP contribution in [0.4, 0.5) is 9.18 Å². The fraction of sp³-hybridized carbons (Fsp3) is 0.421. The van der Waals surface area contributed by atoms with Crippen LogP contribution in [-0.2, 0) is 14.8 Å². The maximum Gasteiger partial charge on any atom is 0.410 e. The first kappa shape index (κ1) is 20.7. The molecule has 0 saturated carbocycles. The lowest BCUT2D eigenvalue weighted by Gasteiger charge is -2.45. The van der Waals surface area contributed by atoms with Crippen molar-refractivity contribution in [2.24, 2.45) is 0 Å². The standard InChI is InChI=1S/C19H19Cl2FN2O4S/c20-13-1-4-18-12(9-13)11-28-19(25)24(18)14-5-7-23(8-6-14)29(26,27)15-2-3-17(22)16(21)10-15/h1-3,9-10,14,18H,4-8,11H2. The number of rotatable bonds is 3. The molecule has 0 spiro atoms. The van der Waals surface area contributed by atoms with Gasteiger partial charge in [-0.25, -0.2) is 17.6 Å². The van der Waals surface area contributed by atoms with E-state index in [1.165, 1.54) is 10.4 Å². The van der Waals surface area contributed by atoms with Gasteiger partial charge in [-0.15, -0.1) is 0 Å². The number of sulfonamides is 1. The number of carbonyl (C=O) groups excluding carboxylic acids is 1. The minimum absolute atomic E-state index is 0.0444. The molecule has 2 fully saturated rings. The van der Waals surface area contributed by atoms with Crippen LogP contribution in [0.3, 0.4) is 0 Å². The maximum absolute atomic E-state index is 13.4. The van der Waals surface area contributed by atoms with E-state index >= 15 is 0 Å². The third-order valence-corrected chi connectivity index (χ3v) is 7.99. The number of carbonyl (C=O) groups is 1. The van der Waals surface area contributed by atoms with Gasteiger partial charge in [-0.05, 0) is 49.1 Å². The van der Waals surface area contributed by atoms with Crippen molar-refractivity contribution < 1.29 is 22.3 Å². The van der Waals surface area contributed by atoms with E-state index in [1.807, 2.05) is 12.2 Å². The molecule has 2 heterocycles. The van der Waals surface area contributed by atoms with Gasteiger partial charge < -0.3 is 4.74 Å². The molecule has 0 radical (unpaired) electrons. The van der Waals surface area contributed by atoms with E-state index < -0.39 is 15.8 Å². The van der Waals surface area contributed by atoms with Gasteiger partial charge in [0, 0.05) is 24.2 Å². The number of hydrogen-bond donors (Lipinski definition) is 0. The summed E-state index contributed by atoms with van der Waals surface area (Å²) in [4.78, 5) is 14.1. The molecular weight excluding hydrogens is 442 g/mol. The maximum atomic E-state index is 13.4. The summed E-state index contributed by atoms with van der Waals surface area (Å²) in [7, 11) is -3.79. The number of hydrogen-bond acceptors (Lipinski definition) is 4. The molecule has 3 aliphatic rings. The van der Waals surface area contributed by atoms with E-state index in [2.05, 4.69) is 0 Å². The van der Waals surface area contributed by atoms with Crippen LogP contribution in [-0.4, -0.2) is 55.5 Å². The van der Waals surface area contributed by atoms with E-state index in [9.17, 15) is 17.6 Å². The second-order valence-corrected chi connectivity index (χ2v) is 10.0. The highest BCUT2D eigenvalue weighted by molar-refractivity contribution is 7.89. The van der Waals surface area contributed by atoms with Crippen molar-refractivity contribution in [1.82, 2.24) is 9.21 Å². The Bertz CT molecular complexity index is 1000. The van der Waals surface area contributed by atoms with Crippen LogP contribution in [0.15, 0.2) is 45.9 Å². The minimum Gasteiger partial charge on any atom is -0.445 e. The van der Waals surface area contributed by atoms with Crippen LogP contribution >= 0.6 is 23.2 Å². The molecule has 1 amide bonds. The summed E-state index contributed by atoms with van der Waals surface area (Å²) < 4.78 is 45.8. The number of fused-ring (bicyclic) bond motifs is 1. The van der Waals surface area contributed by atoms with Crippen molar-refractivity contribution in [3.05, 3.63) is 51.8 Å². The van der Waals surface area contributed by atoms with E-state index in [0.717, 1.165) is 17.7 Å². The fourth-order valence-electron chi connectivity index (χ4n) is 4.04. The molecule has 4 rings (SSSR count). The van der Waals surface area contributed by atoms with Crippen LogP contribution in [0.2, 0.25) is 5.02 Å². The Morgan fingerprint density at radius 1 is 1.17 bits per heavy atom. The van der Waals surface area contributed by atoms with E-state index in [0.29, 0.717) is 24.3 Å². The summed E-state index contributed by atoms with van der Waals surface area (Å²) in [6, 6.07) is 3.13. The average Bonchev–Trinajstić information content (AvgIpc) is 2.70. The van der Waals surface area contributed by atoms with Gasteiger partial charge in [-0.2, -0.15) is 4.31 Å². The molecule has 1 aromatic rings. The molecule has 29 heavy (non-hydrogen) atoms. The number of benzene rings is 1. The Morgan fingerprint density at radius 3 is 2.59 bits per heavy atom. The number of piperidine rings is 1. The van der Waals surface area contributed by atoms with Gasteiger partial charge in [0.1, 0.15) is 12.4 Å². The molecule has 10 heteroatoms. The topological polar surface area (TPSA) is 66.9 Å². The zero-order valence-electron chi connectivity index (χ0n) is 15.4. The predicted octanol–water partition coefficient (Wildman–Crippen LogP) is 3.91. The lowest BCUT2D eigenvalue weighted by molar-refractivity contribution is 0.0393. The second-order valence-electron chi connectivity index (χ2n) is 7.23. The number of nitrogens with zero attached hydrogens (tertiary/aromatic N) is 2. The van der Waals surface area contributed by atoms with Crippen molar-refractivity contribution >= 4 is 39.3 Å². The largest absolute Gasteiger partial charge is 0.445 e. The highest BCUT2D eigenvalue weighted by atomic mass is 35.5. The highest BCUT2D eigenvalue weighted by Crippen LogP contribution is 2.34. The Kier molecular flexibility index (Phi) is 5.63. The van der Waals surface area contributed by atoms with Crippen molar-refractivity contribution in [3.63, 3.8) is 0 Å². The van der Waals surface area contributed by atoms with Crippen molar-refractivity contribution in [2.75, 3.05) is 19.7 Å². The van der Waals surface area contributed by atoms with Crippen LogP contribution in [0.1, 0.15) is 19.3 Å². The fourth-order valence-corrected chi connectivity index (χ4v) is 6.01. The molecule has 0 N–H and O–H groups in total. The summed E-state index contributed by atoms with van der Waals surface area (Å²) in [6.07, 6.45) is 4.89. The van der Waals surface area contributed by atoms with Crippen LogP contribution in [0.5, 0.6) is 0 Å². The Labute approximate surface area is 178 Å². The zero-order chi connectivity index (χ0) is 20.8. The second kappa shape index (κ2) is 7.91. The van der Waals surface area contributed by atoms with Gasteiger partial charge in [0.2, 0.25) is 10.0 Å². The van der Waals surface area contributed by atoms with Crippen LogP contribution < -0.4 is 0 Å². The third kappa shape index (κ3) is 3.91. The molecular formula is C19H19Cl2FN2O4S. The average molecular weight is 461 g/mol. The molecule has 1 aromatic carbocycles. The molecule has 1 unspecified atom stereocenters. The van der Waals surface area contributed by atoms with Gasteiger partial charge >= 0.3 is 6.09 Å². The molecule has 1 aliphatic carbocycles. The van der Waals surface area contributed by atoms with Crippen molar-refractivity contribution in [1.29, 1.82) is 0 Å². The number of ether oxygens (including phenoxy) is 1. The van der Waals surface area contributed by atoms with E-state index in [1.54, 1.807) is 4.90 Å². The van der Waals surface area contributed by atoms with Crippen molar-refractivity contribution in [2.45, 2.75) is 36.2 Å². The normalized spacial score (nSPS) is 23.9. The SMILES string of the molecule is O=C1OCC2=CC(Cl)=CCC2N1C1CCN(S(=O)(=O)c2ccc(F)c(Cl)c2)CC1. The summed E-state index contributed by atoms with van der Waals surface area (Å²) >= 11 is 11.8. The Hall–Kier alpha value is -1.61. The first-order valence-corrected chi connectivity index (χ1v) is 11.4. The molecule has 156 valence electrons. The first-order valence-electron chi connectivity index (χ1n) is 9.24. The molecule has 0 bridgehead atoms. The van der Waals surface area contributed by atoms with Gasteiger partial charge in [0.05, 0.1) is 16.0 Å². The van der Waals surface area contributed by atoms with E-state index in [-0.39, 0.29) is 47.8 Å². The number of cyclic esters (lactones) is 1. The molecule has 0 aromatic heterocycles. The lowest BCUT2D eigenvalue weighted by atomic mass is 9.93. The van der Waals surface area contributed by atoms with Gasteiger partial charge in [0.25, 0.3) is 0 Å². The monoisotopic (exact) mass is 460 g/mol. The minimum atomic E-state index is -3.79. The van der Waals surface area contributed by atoms with E-state index in [4.69, 9.17) is 27.9 Å². The number of amides is 1. The Morgan fingerprint density at radius 2 is 1.90 bits per heavy atom. The molecule has 1 atom stereocenters. The van der Waals surface area contributed by atoms with Gasteiger partial charge in [-0.1, -0.05) is 29.3 Å². The predicted molar refractivity (Wildman–Crippen MR) is 107 cm³/mol. The highest BCUT2D eigenvalue weighted by Gasteiger charge is 2.41. The summed E-state index contributed by atoms with van der Waals surface area (Å²) in [6.45, 7) is 0.713. The van der Waals surface area contributed by atoms with Crippen LogP contribution in [0, 0.1) is 5.82 Å². The first-order chi connectivity index (χ1) is 13.8. The Balaban J connectivity index is 1.48. The molecule has 2 saturated heterocycles. The summed E-state index contributed by atoms with van der Waals surface area (Å²) in [5, 5.41) is 0.397. The van der Waals surface area contributed by atoms with Gasteiger partial charge in [0.15, 0.2) is 0 Å². The summed E-state index contributed by atoms with van der Waals surface area (Å²) in [5.41, 5.74) is 0.952. The third-order valence-electron chi connectivity index (χ3n) is 5.54. The van der Waals surface area contributed by atoms with Crippen molar-refractivity contribution in [3.8, 4) is 0 Å². The molecule has 2 aliphatic heterocycles. The zero-order valence-corrected chi connectivity index (χ0v) is 17.7. The van der Waals surface area contributed by atoms with Gasteiger partial charge in [-0.3, -0.25) is 4.90 Å². The molecule has 6 nitrogen and oxygen atoms in total. The quantitative estimate of drug-likeness (QED) is 0.685. The number of allylic oxidation sites excluding steroid dienone is 2. The smallest absolute Gasteiger partial charge is 0.410 e. The van der Waals surface area contributed by atoms with Crippen LogP contribution in [0.25, 0.3) is 0 Å². The lowest BCUT2D eigenvalue weighted by Crippen LogP contribution is -2.56. The number of halogens is 3. The summed E-state index contributed by atoms with van der Waals surface area (Å²) in [5.74, 6) is -0.668.